The lowest BCUT2D eigenvalue weighted by atomic mass is 10.3. The summed E-state index contributed by atoms with van der Waals surface area (Å²) < 4.78 is 23.3. The Labute approximate surface area is 70.3 Å². The van der Waals surface area contributed by atoms with Crippen molar-refractivity contribution in [2.45, 2.75) is 26.2 Å². The molecule has 0 saturated heterocycles. The van der Waals surface area contributed by atoms with Gasteiger partial charge in [0.2, 0.25) is 0 Å². The van der Waals surface area contributed by atoms with E-state index in [4.69, 9.17) is 0 Å². The van der Waals surface area contributed by atoms with Gasteiger partial charge in [-0.15, -0.1) is 0 Å². The number of hydrogen-bond donors (Lipinski definition) is 1. The molecule has 1 rings (SSSR count). The fourth-order valence-corrected chi connectivity index (χ4v) is 1.06. The average Bonchev–Trinajstić information content (AvgIpc) is 2.35. The zero-order chi connectivity index (χ0) is 8.97. The van der Waals surface area contributed by atoms with E-state index in [-0.39, 0.29) is 6.54 Å². The van der Waals surface area contributed by atoms with Crippen molar-refractivity contribution in [2.75, 3.05) is 6.54 Å². The quantitative estimate of drug-likeness (QED) is 0.649. The fourth-order valence-electron chi connectivity index (χ4n) is 1.06. The molecule has 0 heterocycles. The highest BCUT2D eigenvalue weighted by molar-refractivity contribution is 5.97. The van der Waals surface area contributed by atoms with Gasteiger partial charge in [0.25, 0.3) is 6.43 Å². The number of alkyl halides is 2. The Hall–Kier alpha value is -0.930. The fraction of sp³-hybridized carbons (Fsp3) is 0.625. The summed E-state index contributed by atoms with van der Waals surface area (Å²) in [4.78, 5) is 0. The summed E-state index contributed by atoms with van der Waals surface area (Å²) in [6.45, 7) is 1.64. The first kappa shape index (κ1) is 9.16. The number of nitrogens with one attached hydrogen (secondary N) is 1. The lowest BCUT2D eigenvalue weighted by Gasteiger charge is -1.98. The summed E-state index contributed by atoms with van der Waals surface area (Å²) in [5.74, 6) is 0. The van der Waals surface area contributed by atoms with Gasteiger partial charge in [0, 0.05) is 0 Å². The third-order valence-corrected chi connectivity index (χ3v) is 1.66. The molecule has 0 unspecified atom stereocenters. The molecule has 0 aromatic heterocycles. The number of halogens is 2. The third kappa shape index (κ3) is 2.98. The highest BCUT2D eigenvalue weighted by Crippen LogP contribution is 2.14. The molecule has 0 saturated carbocycles. The largest absolute Gasteiger partial charge is 0.304 e. The molecular weight excluding hydrogens is 162 g/mol. The van der Waals surface area contributed by atoms with Gasteiger partial charge in [-0.05, 0) is 25.8 Å². The minimum absolute atomic E-state index is 0.365. The van der Waals surface area contributed by atoms with E-state index in [1.807, 2.05) is 13.0 Å². The van der Waals surface area contributed by atoms with Crippen LogP contribution in [0.4, 0.5) is 8.78 Å². The van der Waals surface area contributed by atoms with Crippen LogP contribution >= 0.6 is 0 Å². The lowest BCUT2D eigenvalue weighted by Crippen LogP contribution is -2.16. The summed E-state index contributed by atoms with van der Waals surface area (Å²) in [5.41, 5.74) is 4.47. The van der Waals surface area contributed by atoms with Crippen LogP contribution in [-0.4, -0.2) is 18.7 Å². The maximum Gasteiger partial charge on any atom is 0.257 e. The number of hydrogen-bond acceptors (Lipinski definition) is 2. The van der Waals surface area contributed by atoms with Crippen molar-refractivity contribution in [3.8, 4) is 0 Å². The van der Waals surface area contributed by atoms with Crippen LogP contribution in [0, 0.1) is 0 Å². The van der Waals surface area contributed by atoms with Crippen LogP contribution in [0.5, 0.6) is 0 Å². The average molecular weight is 174 g/mol. The van der Waals surface area contributed by atoms with Crippen molar-refractivity contribution < 1.29 is 8.78 Å². The predicted octanol–water partition coefficient (Wildman–Crippen LogP) is 1.94. The zero-order valence-electron chi connectivity index (χ0n) is 6.98. The summed E-state index contributed by atoms with van der Waals surface area (Å²) in [6.07, 6.45) is 1.45. The molecule has 0 aliphatic heterocycles. The summed E-state index contributed by atoms with van der Waals surface area (Å²) in [7, 11) is 0. The van der Waals surface area contributed by atoms with E-state index in [1.165, 1.54) is 5.57 Å². The van der Waals surface area contributed by atoms with Crippen molar-refractivity contribution in [3.05, 3.63) is 11.6 Å². The van der Waals surface area contributed by atoms with Crippen LogP contribution in [0.25, 0.3) is 0 Å². The van der Waals surface area contributed by atoms with E-state index in [2.05, 4.69) is 10.5 Å². The molecule has 0 atom stereocenters. The van der Waals surface area contributed by atoms with Gasteiger partial charge in [-0.1, -0.05) is 5.57 Å². The van der Waals surface area contributed by atoms with E-state index in [0.717, 1.165) is 18.6 Å². The number of nitrogens with zero attached hydrogens (tertiary/aromatic N) is 1. The second-order valence-corrected chi connectivity index (χ2v) is 2.85. The molecule has 0 bridgehead atoms. The highest BCUT2D eigenvalue weighted by Gasteiger charge is 2.06. The molecule has 0 aromatic carbocycles. The second kappa shape index (κ2) is 4.18. The van der Waals surface area contributed by atoms with Gasteiger partial charge < -0.3 is 5.43 Å². The zero-order valence-corrected chi connectivity index (χ0v) is 6.98. The smallest absolute Gasteiger partial charge is 0.257 e. The number of rotatable bonds is 3. The summed E-state index contributed by atoms with van der Waals surface area (Å²) in [6, 6.07) is 0. The van der Waals surface area contributed by atoms with Gasteiger partial charge >= 0.3 is 0 Å². The summed E-state index contributed by atoms with van der Waals surface area (Å²) >= 11 is 0. The third-order valence-electron chi connectivity index (χ3n) is 1.66. The molecule has 1 aliphatic carbocycles. The van der Waals surface area contributed by atoms with Crippen molar-refractivity contribution in [1.82, 2.24) is 5.43 Å². The van der Waals surface area contributed by atoms with Crippen LogP contribution in [0.15, 0.2) is 16.8 Å². The van der Waals surface area contributed by atoms with Crippen LogP contribution in [-0.2, 0) is 0 Å². The molecule has 0 amide bonds. The SMILES string of the molecule is CC1=C/C(=N/NCC(F)F)CC1. The Balaban J connectivity index is 2.29. The van der Waals surface area contributed by atoms with E-state index < -0.39 is 6.43 Å². The topological polar surface area (TPSA) is 24.4 Å². The van der Waals surface area contributed by atoms with E-state index >= 15 is 0 Å². The maximum atomic E-state index is 11.6. The monoisotopic (exact) mass is 174 g/mol. The summed E-state index contributed by atoms with van der Waals surface area (Å²) in [5, 5.41) is 3.82. The highest BCUT2D eigenvalue weighted by atomic mass is 19.3. The first-order valence-electron chi connectivity index (χ1n) is 3.93. The minimum Gasteiger partial charge on any atom is -0.304 e. The molecule has 68 valence electrons. The van der Waals surface area contributed by atoms with Crippen LogP contribution in [0.3, 0.4) is 0 Å². The van der Waals surface area contributed by atoms with Crippen molar-refractivity contribution in [2.24, 2.45) is 5.10 Å². The first-order chi connectivity index (χ1) is 5.68. The van der Waals surface area contributed by atoms with Gasteiger partial charge in [0.1, 0.15) is 0 Å². The Kier molecular flexibility index (Phi) is 3.19. The van der Waals surface area contributed by atoms with E-state index in [0.29, 0.717) is 0 Å². The van der Waals surface area contributed by atoms with Gasteiger partial charge in [0.05, 0.1) is 12.3 Å². The molecule has 4 heteroatoms. The predicted molar refractivity (Wildman–Crippen MR) is 44.4 cm³/mol. The van der Waals surface area contributed by atoms with E-state index in [9.17, 15) is 8.78 Å². The number of hydrazone groups is 1. The van der Waals surface area contributed by atoms with E-state index in [1.54, 1.807) is 0 Å². The van der Waals surface area contributed by atoms with Gasteiger partial charge in [-0.2, -0.15) is 5.10 Å². The molecule has 1 aliphatic rings. The van der Waals surface area contributed by atoms with Gasteiger partial charge in [0.15, 0.2) is 0 Å². The molecule has 12 heavy (non-hydrogen) atoms. The molecular formula is C8H12F2N2. The molecule has 2 nitrogen and oxygen atoms in total. The molecule has 0 aromatic rings. The standard InChI is InChI=1S/C8H12F2N2/c1-6-2-3-7(4-6)12-11-5-8(9)10/h4,8,11H,2-3,5H2,1H3/b12-7+. The second-order valence-electron chi connectivity index (χ2n) is 2.85. The molecule has 0 fully saturated rings. The van der Waals surface area contributed by atoms with Crippen LogP contribution in [0.2, 0.25) is 0 Å². The van der Waals surface area contributed by atoms with Crippen LogP contribution in [0.1, 0.15) is 19.8 Å². The molecule has 1 N–H and O–H groups in total. The normalized spacial score (nSPS) is 20.3. The lowest BCUT2D eigenvalue weighted by molar-refractivity contribution is 0.146. The van der Waals surface area contributed by atoms with Crippen molar-refractivity contribution in [1.29, 1.82) is 0 Å². The Morgan fingerprint density at radius 1 is 1.58 bits per heavy atom. The Morgan fingerprint density at radius 3 is 2.83 bits per heavy atom. The number of allylic oxidation sites excluding steroid dienone is 2. The molecule has 0 spiro atoms. The Bertz CT molecular complexity index is 209. The van der Waals surface area contributed by atoms with Crippen molar-refractivity contribution in [3.63, 3.8) is 0 Å². The van der Waals surface area contributed by atoms with Crippen molar-refractivity contribution >= 4 is 5.71 Å². The van der Waals surface area contributed by atoms with Gasteiger partial charge in [-0.3, -0.25) is 0 Å². The first-order valence-corrected chi connectivity index (χ1v) is 3.93. The molecule has 0 radical (unpaired) electrons. The minimum atomic E-state index is -2.33. The van der Waals surface area contributed by atoms with Crippen LogP contribution < -0.4 is 5.43 Å². The maximum absolute atomic E-state index is 11.6. The Morgan fingerprint density at radius 2 is 2.33 bits per heavy atom. The van der Waals surface area contributed by atoms with Gasteiger partial charge in [-0.25, -0.2) is 8.78 Å².